The van der Waals surface area contributed by atoms with Crippen LogP contribution < -0.4 is 14.8 Å². The SMILES string of the molecule is O=C(O)[C@@H](C(=O)Oc1ccccc1)[C@@H](C(=O)Nc1ccc(Cl)cc1)C(=O)Oc1ccccc1. The van der Waals surface area contributed by atoms with Gasteiger partial charge in [0, 0.05) is 10.7 Å². The van der Waals surface area contributed by atoms with Gasteiger partial charge in [-0.25, -0.2) is 0 Å². The van der Waals surface area contributed by atoms with Gasteiger partial charge >= 0.3 is 17.9 Å². The number of rotatable bonds is 8. The highest BCUT2D eigenvalue weighted by Gasteiger charge is 2.47. The average molecular weight is 468 g/mol. The van der Waals surface area contributed by atoms with Gasteiger partial charge in [-0.15, -0.1) is 0 Å². The molecule has 0 aliphatic heterocycles. The number of hydrogen-bond donors (Lipinski definition) is 2. The number of esters is 2. The smallest absolute Gasteiger partial charge is 0.327 e. The second kappa shape index (κ2) is 10.9. The van der Waals surface area contributed by atoms with Gasteiger partial charge < -0.3 is 19.9 Å². The lowest BCUT2D eigenvalue weighted by molar-refractivity contribution is -0.164. The number of carboxylic acids is 1. The summed E-state index contributed by atoms with van der Waals surface area (Å²) in [5.41, 5.74) is 0.238. The van der Waals surface area contributed by atoms with E-state index in [-0.39, 0.29) is 17.2 Å². The van der Waals surface area contributed by atoms with Gasteiger partial charge in [0.15, 0.2) is 11.8 Å². The zero-order chi connectivity index (χ0) is 23.8. The number of hydrogen-bond acceptors (Lipinski definition) is 6. The van der Waals surface area contributed by atoms with E-state index in [4.69, 9.17) is 21.1 Å². The maximum Gasteiger partial charge on any atom is 0.327 e. The Morgan fingerprint density at radius 1 is 0.697 bits per heavy atom. The van der Waals surface area contributed by atoms with Crippen LogP contribution in [-0.2, 0) is 19.2 Å². The molecule has 3 aromatic rings. The Balaban J connectivity index is 1.92. The third-order valence-corrected chi connectivity index (χ3v) is 4.68. The number of para-hydroxylation sites is 2. The fraction of sp³-hybridized carbons (Fsp3) is 0.0833. The molecule has 0 unspecified atom stereocenters. The summed E-state index contributed by atoms with van der Waals surface area (Å²) in [6.07, 6.45) is 0. The maximum absolute atomic E-state index is 13.0. The summed E-state index contributed by atoms with van der Waals surface area (Å²) in [5.74, 6) is -9.40. The van der Waals surface area contributed by atoms with Crippen molar-refractivity contribution < 1.29 is 33.8 Å². The van der Waals surface area contributed by atoms with E-state index >= 15 is 0 Å². The minimum absolute atomic E-state index is 0.0574. The summed E-state index contributed by atoms with van der Waals surface area (Å²) in [7, 11) is 0. The molecule has 0 radical (unpaired) electrons. The molecule has 0 aliphatic carbocycles. The summed E-state index contributed by atoms with van der Waals surface area (Å²) in [6, 6.07) is 21.3. The van der Waals surface area contributed by atoms with Crippen molar-refractivity contribution in [2.75, 3.05) is 5.32 Å². The molecular weight excluding hydrogens is 450 g/mol. The summed E-state index contributed by atoms with van der Waals surface area (Å²) in [4.78, 5) is 50.7. The van der Waals surface area contributed by atoms with Gasteiger partial charge in [0.2, 0.25) is 5.91 Å². The molecule has 33 heavy (non-hydrogen) atoms. The van der Waals surface area contributed by atoms with Crippen molar-refractivity contribution in [2.45, 2.75) is 0 Å². The largest absolute Gasteiger partial charge is 0.481 e. The predicted octanol–water partition coefficient (Wildman–Crippen LogP) is 3.81. The normalized spacial score (nSPS) is 12.2. The molecule has 2 atom stereocenters. The van der Waals surface area contributed by atoms with Gasteiger partial charge in [0.05, 0.1) is 0 Å². The molecule has 0 aromatic heterocycles. The van der Waals surface area contributed by atoms with Gasteiger partial charge in [-0.2, -0.15) is 0 Å². The van der Waals surface area contributed by atoms with Crippen LogP contribution in [-0.4, -0.2) is 28.9 Å². The van der Waals surface area contributed by atoms with Crippen molar-refractivity contribution in [3.8, 4) is 11.5 Å². The highest BCUT2D eigenvalue weighted by molar-refractivity contribution is 6.30. The van der Waals surface area contributed by atoms with Crippen molar-refractivity contribution in [1.29, 1.82) is 0 Å². The third kappa shape index (κ3) is 6.41. The summed E-state index contributed by atoms with van der Waals surface area (Å²) in [5, 5.41) is 12.6. The van der Waals surface area contributed by atoms with Crippen molar-refractivity contribution in [2.24, 2.45) is 11.8 Å². The number of halogens is 1. The Kier molecular flexibility index (Phi) is 7.77. The second-order valence-electron chi connectivity index (χ2n) is 6.76. The van der Waals surface area contributed by atoms with Crippen molar-refractivity contribution in [3.63, 3.8) is 0 Å². The summed E-state index contributed by atoms with van der Waals surface area (Å²) >= 11 is 5.84. The van der Waals surface area contributed by atoms with E-state index in [1.807, 2.05) is 0 Å². The van der Waals surface area contributed by atoms with Crippen LogP contribution in [0.5, 0.6) is 11.5 Å². The zero-order valence-corrected chi connectivity index (χ0v) is 17.8. The van der Waals surface area contributed by atoms with Crippen molar-refractivity contribution in [1.82, 2.24) is 0 Å². The van der Waals surface area contributed by atoms with E-state index in [2.05, 4.69) is 5.32 Å². The number of ether oxygens (including phenoxy) is 2. The van der Waals surface area contributed by atoms with Gasteiger partial charge in [-0.05, 0) is 48.5 Å². The molecule has 8 nitrogen and oxygen atoms in total. The number of benzene rings is 3. The first-order valence-electron chi connectivity index (χ1n) is 9.68. The first-order chi connectivity index (χ1) is 15.8. The summed E-state index contributed by atoms with van der Waals surface area (Å²) < 4.78 is 10.3. The lowest BCUT2D eigenvalue weighted by atomic mass is 9.91. The predicted molar refractivity (Wildman–Crippen MR) is 119 cm³/mol. The minimum atomic E-state index is -2.17. The number of amides is 1. The maximum atomic E-state index is 13.0. The van der Waals surface area contributed by atoms with Gasteiger partial charge in [0.25, 0.3) is 0 Å². The minimum Gasteiger partial charge on any atom is -0.481 e. The number of aliphatic carboxylic acids is 1. The Hall–Kier alpha value is -4.17. The Labute approximate surface area is 193 Å². The fourth-order valence-corrected chi connectivity index (χ4v) is 2.99. The molecule has 1 amide bonds. The van der Waals surface area contributed by atoms with Crippen LogP contribution in [0.4, 0.5) is 5.69 Å². The van der Waals surface area contributed by atoms with E-state index in [0.717, 1.165) is 0 Å². The molecule has 0 aliphatic rings. The number of nitrogens with one attached hydrogen (secondary N) is 1. The van der Waals surface area contributed by atoms with E-state index in [0.29, 0.717) is 5.02 Å². The zero-order valence-electron chi connectivity index (χ0n) is 17.0. The molecule has 3 rings (SSSR count). The van der Waals surface area contributed by atoms with E-state index < -0.39 is 35.7 Å². The Morgan fingerprint density at radius 2 is 1.15 bits per heavy atom. The molecule has 0 saturated heterocycles. The lowest BCUT2D eigenvalue weighted by Gasteiger charge is -2.21. The molecule has 0 fully saturated rings. The quantitative estimate of drug-likeness (QED) is 0.294. The first kappa shape index (κ1) is 23.5. The van der Waals surface area contributed by atoms with Crippen LogP contribution in [0.3, 0.4) is 0 Å². The molecule has 9 heteroatoms. The average Bonchev–Trinajstić information content (AvgIpc) is 2.79. The number of carboxylic acid groups (broad SMARTS) is 1. The van der Waals surface area contributed by atoms with Crippen LogP contribution >= 0.6 is 11.6 Å². The highest BCUT2D eigenvalue weighted by Crippen LogP contribution is 2.23. The molecule has 0 heterocycles. The van der Waals surface area contributed by atoms with E-state index in [9.17, 15) is 24.3 Å². The molecule has 0 saturated carbocycles. The van der Waals surface area contributed by atoms with Gasteiger partial charge in [0.1, 0.15) is 11.5 Å². The van der Waals surface area contributed by atoms with Gasteiger partial charge in [-0.3, -0.25) is 19.2 Å². The topological polar surface area (TPSA) is 119 Å². The Morgan fingerprint density at radius 3 is 1.61 bits per heavy atom. The molecular formula is C24H18ClNO7. The summed E-state index contributed by atoms with van der Waals surface area (Å²) in [6.45, 7) is 0. The van der Waals surface area contributed by atoms with E-state index in [1.165, 1.54) is 48.5 Å². The molecule has 168 valence electrons. The number of carbonyl (C=O) groups excluding carboxylic acids is 3. The Bertz CT molecular complexity index is 1130. The fourth-order valence-electron chi connectivity index (χ4n) is 2.86. The van der Waals surface area contributed by atoms with Crippen molar-refractivity contribution >= 4 is 41.1 Å². The van der Waals surface area contributed by atoms with E-state index in [1.54, 1.807) is 36.4 Å². The number of anilines is 1. The van der Waals surface area contributed by atoms with Crippen LogP contribution in [0.2, 0.25) is 5.02 Å². The second-order valence-corrected chi connectivity index (χ2v) is 7.19. The van der Waals surface area contributed by atoms with Crippen LogP contribution in [0, 0.1) is 11.8 Å². The molecule has 2 N–H and O–H groups in total. The van der Waals surface area contributed by atoms with Crippen molar-refractivity contribution in [3.05, 3.63) is 90.0 Å². The first-order valence-corrected chi connectivity index (χ1v) is 10.1. The standard InChI is InChI=1S/C24H18ClNO7/c25-15-11-13-16(14-12-15)26-21(27)19(23(30)32-17-7-3-1-4-8-17)20(22(28)29)24(31)33-18-9-5-2-6-10-18/h1-14,19-20H,(H,26,27)(H,28,29)/t19-,20-/m0/s1. The monoisotopic (exact) mass is 467 g/mol. The van der Waals surface area contributed by atoms with Crippen LogP contribution in [0.1, 0.15) is 0 Å². The molecule has 3 aromatic carbocycles. The highest BCUT2D eigenvalue weighted by atomic mass is 35.5. The third-order valence-electron chi connectivity index (χ3n) is 4.42. The molecule has 0 bridgehead atoms. The van der Waals surface area contributed by atoms with Crippen LogP contribution in [0.25, 0.3) is 0 Å². The van der Waals surface area contributed by atoms with Crippen LogP contribution in [0.15, 0.2) is 84.9 Å². The number of carbonyl (C=O) groups is 4. The lowest BCUT2D eigenvalue weighted by Crippen LogP contribution is -2.46. The van der Waals surface area contributed by atoms with Gasteiger partial charge in [-0.1, -0.05) is 48.0 Å². The molecule has 0 spiro atoms.